The summed E-state index contributed by atoms with van der Waals surface area (Å²) >= 11 is 0. The van der Waals surface area contributed by atoms with Gasteiger partial charge in [-0.3, -0.25) is 4.79 Å². The van der Waals surface area contributed by atoms with Crippen LogP contribution in [-0.4, -0.2) is 33.4 Å². The van der Waals surface area contributed by atoms with E-state index in [1.807, 2.05) is 31.2 Å². The number of aryl methyl sites for hydroxylation is 1. The van der Waals surface area contributed by atoms with E-state index in [4.69, 9.17) is 5.11 Å². The Kier molecular flexibility index (Phi) is 4.24. The Morgan fingerprint density at radius 3 is 2.91 bits per heavy atom. The minimum absolute atomic E-state index is 0.0688. The van der Waals surface area contributed by atoms with E-state index in [0.29, 0.717) is 17.9 Å². The van der Waals surface area contributed by atoms with Crippen LogP contribution in [0, 0.1) is 12.8 Å². The number of carbonyl (C=O) groups excluding carboxylic acids is 1. The van der Waals surface area contributed by atoms with E-state index >= 15 is 0 Å². The predicted molar refractivity (Wildman–Crippen MR) is 84.0 cm³/mol. The van der Waals surface area contributed by atoms with E-state index < -0.39 is 0 Å². The number of aliphatic hydroxyl groups is 1. The number of rotatable bonds is 6. The third-order valence-electron chi connectivity index (χ3n) is 4.15. The van der Waals surface area contributed by atoms with Gasteiger partial charge in [-0.1, -0.05) is 18.2 Å². The van der Waals surface area contributed by atoms with Gasteiger partial charge in [0.15, 0.2) is 0 Å². The monoisotopic (exact) mass is 299 g/mol. The van der Waals surface area contributed by atoms with Gasteiger partial charge in [0, 0.05) is 18.8 Å². The SMILES string of the molecule is Cc1ccccc1-n1cc(C(=O)NC(CCO)C2CC2)cn1. The minimum Gasteiger partial charge on any atom is -0.396 e. The molecule has 3 rings (SSSR count). The van der Waals surface area contributed by atoms with Crippen molar-refractivity contribution in [3.8, 4) is 5.69 Å². The third kappa shape index (κ3) is 3.20. The van der Waals surface area contributed by atoms with Crippen LogP contribution in [0.4, 0.5) is 0 Å². The lowest BCUT2D eigenvalue weighted by Crippen LogP contribution is -2.37. The minimum atomic E-state index is -0.120. The summed E-state index contributed by atoms with van der Waals surface area (Å²) in [6.07, 6.45) is 6.22. The van der Waals surface area contributed by atoms with Crippen LogP contribution >= 0.6 is 0 Å². The van der Waals surface area contributed by atoms with Gasteiger partial charge in [-0.15, -0.1) is 0 Å². The van der Waals surface area contributed by atoms with Gasteiger partial charge < -0.3 is 10.4 Å². The number of carbonyl (C=O) groups is 1. The fourth-order valence-electron chi connectivity index (χ4n) is 2.71. The first-order chi connectivity index (χ1) is 10.7. The van der Waals surface area contributed by atoms with E-state index in [0.717, 1.165) is 24.1 Å². The molecular formula is C17H21N3O2. The van der Waals surface area contributed by atoms with Crippen LogP contribution in [0.2, 0.25) is 0 Å². The van der Waals surface area contributed by atoms with Gasteiger partial charge in [-0.05, 0) is 43.7 Å². The molecule has 1 fully saturated rings. The second-order valence-electron chi connectivity index (χ2n) is 5.89. The molecule has 0 bridgehead atoms. The van der Waals surface area contributed by atoms with Crippen LogP contribution in [0.5, 0.6) is 0 Å². The van der Waals surface area contributed by atoms with Crippen LogP contribution in [0.1, 0.15) is 35.2 Å². The van der Waals surface area contributed by atoms with E-state index in [9.17, 15) is 4.79 Å². The van der Waals surface area contributed by atoms with Crippen molar-refractivity contribution in [2.45, 2.75) is 32.2 Å². The highest BCUT2D eigenvalue weighted by atomic mass is 16.3. The molecule has 1 aliphatic carbocycles. The molecule has 1 aliphatic rings. The molecule has 1 saturated carbocycles. The Morgan fingerprint density at radius 2 is 2.23 bits per heavy atom. The first-order valence-corrected chi connectivity index (χ1v) is 7.71. The number of para-hydroxylation sites is 1. The average Bonchev–Trinajstić information content (AvgIpc) is 3.24. The molecule has 1 atom stereocenters. The van der Waals surface area contributed by atoms with Crippen LogP contribution in [0.25, 0.3) is 5.69 Å². The number of amides is 1. The molecule has 1 aromatic carbocycles. The van der Waals surface area contributed by atoms with Crippen molar-refractivity contribution < 1.29 is 9.90 Å². The first kappa shape index (κ1) is 14.8. The molecule has 1 amide bonds. The molecule has 1 unspecified atom stereocenters. The number of hydrogen-bond donors (Lipinski definition) is 2. The van der Waals surface area contributed by atoms with Crippen molar-refractivity contribution in [1.29, 1.82) is 0 Å². The Labute approximate surface area is 130 Å². The van der Waals surface area contributed by atoms with Crippen molar-refractivity contribution in [3.63, 3.8) is 0 Å². The number of hydrogen-bond acceptors (Lipinski definition) is 3. The first-order valence-electron chi connectivity index (χ1n) is 7.71. The Morgan fingerprint density at radius 1 is 1.45 bits per heavy atom. The largest absolute Gasteiger partial charge is 0.396 e. The van der Waals surface area contributed by atoms with Gasteiger partial charge in [0.25, 0.3) is 5.91 Å². The van der Waals surface area contributed by atoms with E-state index in [1.165, 1.54) is 0 Å². The number of benzene rings is 1. The highest BCUT2D eigenvalue weighted by Crippen LogP contribution is 2.34. The zero-order valence-electron chi connectivity index (χ0n) is 12.7. The van der Waals surface area contributed by atoms with Gasteiger partial charge >= 0.3 is 0 Å². The molecule has 0 spiro atoms. The van der Waals surface area contributed by atoms with E-state index in [-0.39, 0.29) is 18.6 Å². The fourth-order valence-corrected chi connectivity index (χ4v) is 2.71. The van der Waals surface area contributed by atoms with Gasteiger partial charge in [-0.2, -0.15) is 5.10 Å². The summed E-state index contributed by atoms with van der Waals surface area (Å²) in [5.74, 6) is 0.396. The molecule has 2 aromatic rings. The molecule has 5 nitrogen and oxygen atoms in total. The highest BCUT2D eigenvalue weighted by molar-refractivity contribution is 5.94. The number of aromatic nitrogens is 2. The molecule has 0 radical (unpaired) electrons. The fraction of sp³-hybridized carbons (Fsp3) is 0.412. The molecule has 1 aromatic heterocycles. The zero-order valence-corrected chi connectivity index (χ0v) is 12.7. The van der Waals surface area contributed by atoms with Crippen LogP contribution in [0.3, 0.4) is 0 Å². The molecule has 1 heterocycles. The normalized spacial score (nSPS) is 15.5. The summed E-state index contributed by atoms with van der Waals surface area (Å²) < 4.78 is 1.72. The maximum Gasteiger partial charge on any atom is 0.254 e. The zero-order chi connectivity index (χ0) is 15.5. The molecule has 5 heteroatoms. The Balaban J connectivity index is 1.73. The number of nitrogens with zero attached hydrogens (tertiary/aromatic N) is 2. The number of nitrogens with one attached hydrogen (secondary N) is 1. The predicted octanol–water partition coefficient (Wildman–Crippen LogP) is 2.07. The standard InChI is InChI=1S/C17H21N3O2/c1-12-4-2-3-5-16(12)20-11-14(10-18-20)17(22)19-15(8-9-21)13-6-7-13/h2-5,10-11,13,15,21H,6-9H2,1H3,(H,19,22). The summed E-state index contributed by atoms with van der Waals surface area (Å²) in [5, 5.41) is 16.4. The van der Waals surface area contributed by atoms with Crippen molar-refractivity contribution >= 4 is 5.91 Å². The lowest BCUT2D eigenvalue weighted by molar-refractivity contribution is 0.0924. The highest BCUT2D eigenvalue weighted by Gasteiger charge is 2.32. The third-order valence-corrected chi connectivity index (χ3v) is 4.15. The van der Waals surface area contributed by atoms with Gasteiger partial charge in [0.2, 0.25) is 0 Å². The maximum atomic E-state index is 12.3. The summed E-state index contributed by atoms with van der Waals surface area (Å²) in [6.45, 7) is 2.12. The number of aliphatic hydroxyl groups excluding tert-OH is 1. The lowest BCUT2D eigenvalue weighted by Gasteiger charge is -2.16. The molecular weight excluding hydrogens is 278 g/mol. The van der Waals surface area contributed by atoms with E-state index in [2.05, 4.69) is 10.4 Å². The second-order valence-corrected chi connectivity index (χ2v) is 5.89. The van der Waals surface area contributed by atoms with Gasteiger partial charge in [-0.25, -0.2) is 4.68 Å². The maximum absolute atomic E-state index is 12.3. The quantitative estimate of drug-likeness (QED) is 0.858. The second kappa shape index (κ2) is 6.32. The summed E-state index contributed by atoms with van der Waals surface area (Å²) in [6, 6.07) is 7.99. The molecule has 0 saturated heterocycles. The van der Waals surface area contributed by atoms with Crippen molar-refractivity contribution in [1.82, 2.24) is 15.1 Å². The molecule has 22 heavy (non-hydrogen) atoms. The van der Waals surface area contributed by atoms with Gasteiger partial charge in [0.05, 0.1) is 17.4 Å². The van der Waals surface area contributed by atoms with Crippen molar-refractivity contribution in [2.75, 3.05) is 6.61 Å². The lowest BCUT2D eigenvalue weighted by atomic mass is 10.1. The van der Waals surface area contributed by atoms with Crippen LogP contribution < -0.4 is 5.32 Å². The van der Waals surface area contributed by atoms with Gasteiger partial charge in [0.1, 0.15) is 0 Å². The topological polar surface area (TPSA) is 67.2 Å². The molecule has 0 aliphatic heterocycles. The Bertz CT molecular complexity index is 661. The summed E-state index contributed by atoms with van der Waals surface area (Å²) in [7, 11) is 0. The van der Waals surface area contributed by atoms with Crippen LogP contribution in [-0.2, 0) is 0 Å². The Hall–Kier alpha value is -2.14. The smallest absolute Gasteiger partial charge is 0.254 e. The molecule has 2 N–H and O–H groups in total. The molecule has 116 valence electrons. The average molecular weight is 299 g/mol. The van der Waals surface area contributed by atoms with Crippen molar-refractivity contribution in [3.05, 3.63) is 47.8 Å². The van der Waals surface area contributed by atoms with Crippen LogP contribution in [0.15, 0.2) is 36.7 Å². The summed E-state index contributed by atoms with van der Waals surface area (Å²) in [4.78, 5) is 12.3. The van der Waals surface area contributed by atoms with Crippen molar-refractivity contribution in [2.24, 2.45) is 5.92 Å². The summed E-state index contributed by atoms with van der Waals surface area (Å²) in [5.41, 5.74) is 2.62. The van der Waals surface area contributed by atoms with E-state index in [1.54, 1.807) is 17.1 Å².